The van der Waals surface area contributed by atoms with Crippen molar-refractivity contribution in [2.75, 3.05) is 0 Å². The van der Waals surface area contributed by atoms with Crippen LogP contribution in [0.25, 0.3) is 94.1 Å². The molecule has 0 aliphatic heterocycles. The normalized spacial score (nSPS) is 13.5. The van der Waals surface area contributed by atoms with E-state index in [-0.39, 0.29) is 5.41 Å². The van der Waals surface area contributed by atoms with Crippen LogP contribution in [0.4, 0.5) is 0 Å². The summed E-state index contributed by atoms with van der Waals surface area (Å²) in [6, 6.07) is 53.7. The van der Waals surface area contributed by atoms with Crippen LogP contribution in [0.15, 0.2) is 156 Å². The molecule has 0 unspecified atom stereocenters. The molecule has 0 atom stereocenters. The first-order valence-electron chi connectivity index (χ1n) is 17.5. The molecule has 1 aliphatic carbocycles. The van der Waals surface area contributed by atoms with E-state index in [1.54, 1.807) is 0 Å². The van der Waals surface area contributed by atoms with Crippen LogP contribution < -0.4 is 0 Å². The highest BCUT2D eigenvalue weighted by molar-refractivity contribution is 6.16. The lowest BCUT2D eigenvalue weighted by Gasteiger charge is -2.24. The van der Waals surface area contributed by atoms with Crippen molar-refractivity contribution in [3.05, 3.63) is 163 Å². The summed E-state index contributed by atoms with van der Waals surface area (Å²) in [5.74, 6) is 0.718. The molecule has 0 radical (unpaired) electrons. The summed E-state index contributed by atoms with van der Waals surface area (Å²) in [7, 11) is 0. The van der Waals surface area contributed by atoms with Gasteiger partial charge in [-0.2, -0.15) is 0 Å². The number of para-hydroxylation sites is 3. The van der Waals surface area contributed by atoms with Gasteiger partial charge in [-0.15, -0.1) is 0 Å². The highest BCUT2D eigenvalue weighted by Gasteiger charge is 2.41. The Morgan fingerprint density at radius 1 is 0.510 bits per heavy atom. The van der Waals surface area contributed by atoms with Gasteiger partial charge in [-0.05, 0) is 70.8 Å². The fraction of sp³-hybridized carbons (Fsp3) is 0.0638. The maximum atomic E-state index is 6.39. The summed E-state index contributed by atoms with van der Waals surface area (Å²) in [6.45, 7) is 4.76. The van der Waals surface area contributed by atoms with Crippen LogP contribution in [-0.2, 0) is 5.41 Å². The molecule has 0 saturated heterocycles. The molecule has 51 heavy (non-hydrogen) atoms. The maximum absolute atomic E-state index is 6.39. The minimum absolute atomic E-state index is 0.283. The third-order valence-corrected chi connectivity index (χ3v) is 11.0. The summed E-state index contributed by atoms with van der Waals surface area (Å²) in [6.07, 6.45) is 0. The number of fused-ring (bicyclic) bond motifs is 12. The van der Waals surface area contributed by atoms with E-state index in [0.717, 1.165) is 50.4 Å². The zero-order valence-electron chi connectivity index (χ0n) is 28.2. The Hall–Kier alpha value is -6.52. The van der Waals surface area contributed by atoms with Gasteiger partial charge >= 0.3 is 0 Å². The summed E-state index contributed by atoms with van der Waals surface area (Å²) >= 11 is 0. The third kappa shape index (κ3) is 3.90. The van der Waals surface area contributed by atoms with E-state index >= 15 is 0 Å². The fourth-order valence-corrected chi connectivity index (χ4v) is 8.78. The molecular weight excluding hydrogens is 623 g/mol. The molecule has 0 N–H and O–H groups in total. The number of furan rings is 1. The number of hydrogen-bond acceptors (Lipinski definition) is 3. The Balaban J connectivity index is 1.13. The van der Waals surface area contributed by atoms with Crippen molar-refractivity contribution >= 4 is 54.6 Å². The lowest BCUT2D eigenvalue weighted by atomic mass is 9.79. The number of aromatic nitrogens is 3. The van der Waals surface area contributed by atoms with Gasteiger partial charge in [0.25, 0.3) is 0 Å². The zero-order chi connectivity index (χ0) is 33.8. The number of nitrogens with zero attached hydrogens (tertiary/aromatic N) is 3. The van der Waals surface area contributed by atoms with Crippen molar-refractivity contribution in [1.29, 1.82) is 0 Å². The SMILES string of the molecule is CC1(C)c2c(ccc3oc4ccccc4c23)-c2ccc3c4ccccc4n(-c4ccc(-c5nc(-c6ccccc6)c6ccccc6n5)cc4)c3c21. The van der Waals surface area contributed by atoms with E-state index in [1.807, 2.05) is 18.2 Å². The summed E-state index contributed by atoms with van der Waals surface area (Å²) in [5.41, 5.74) is 14.3. The zero-order valence-corrected chi connectivity index (χ0v) is 28.2. The van der Waals surface area contributed by atoms with Crippen molar-refractivity contribution in [3.8, 4) is 39.5 Å². The Kier molecular flexibility index (Phi) is 5.70. The van der Waals surface area contributed by atoms with Crippen molar-refractivity contribution < 1.29 is 4.42 Å². The molecule has 7 aromatic carbocycles. The largest absolute Gasteiger partial charge is 0.456 e. The van der Waals surface area contributed by atoms with Crippen LogP contribution in [0.1, 0.15) is 25.0 Å². The summed E-state index contributed by atoms with van der Waals surface area (Å²) in [5, 5.41) is 5.94. The number of rotatable bonds is 3. The molecule has 3 aromatic heterocycles. The Labute approximate surface area is 294 Å². The van der Waals surface area contributed by atoms with Crippen molar-refractivity contribution in [3.63, 3.8) is 0 Å². The topological polar surface area (TPSA) is 43.9 Å². The predicted molar refractivity (Wildman–Crippen MR) is 210 cm³/mol. The predicted octanol–water partition coefficient (Wildman–Crippen LogP) is 12.3. The highest BCUT2D eigenvalue weighted by atomic mass is 16.3. The molecule has 3 heterocycles. The molecular formula is C47H31N3O. The first-order valence-corrected chi connectivity index (χ1v) is 17.5. The van der Waals surface area contributed by atoms with Crippen LogP contribution in [0, 0.1) is 0 Å². The summed E-state index contributed by atoms with van der Waals surface area (Å²) < 4.78 is 8.85. The number of benzene rings is 7. The van der Waals surface area contributed by atoms with Crippen LogP contribution in [-0.4, -0.2) is 14.5 Å². The molecule has 0 fully saturated rings. The molecule has 1 aliphatic rings. The molecule has 0 amide bonds. The first kappa shape index (κ1) is 28.3. The van der Waals surface area contributed by atoms with Gasteiger partial charge in [0.05, 0.1) is 22.2 Å². The van der Waals surface area contributed by atoms with Gasteiger partial charge in [0.2, 0.25) is 0 Å². The van der Waals surface area contributed by atoms with Crippen LogP contribution in [0.5, 0.6) is 0 Å². The van der Waals surface area contributed by atoms with E-state index in [9.17, 15) is 0 Å². The Morgan fingerprint density at radius 3 is 2.04 bits per heavy atom. The molecule has 4 heteroatoms. The standard InChI is InChI=1S/C47H31N3O/c1-47(2)42-32(26-27-40-41(42)36-16-8-11-19-39(36)51-40)33-24-25-34-31-14-7-10-18-38(31)50(45(34)43(33)47)30-22-20-29(21-23-30)46-48-37-17-9-6-15-35(37)44(49-46)28-12-4-3-5-13-28/h3-27H,1-2H3. The fourth-order valence-electron chi connectivity index (χ4n) is 8.78. The van der Waals surface area contributed by atoms with Crippen LogP contribution >= 0.6 is 0 Å². The maximum Gasteiger partial charge on any atom is 0.160 e. The van der Waals surface area contributed by atoms with Gasteiger partial charge in [-0.1, -0.05) is 117 Å². The average Bonchev–Trinajstić information content (AvgIpc) is 3.80. The minimum atomic E-state index is -0.283. The molecule has 10 aromatic rings. The molecule has 4 nitrogen and oxygen atoms in total. The van der Waals surface area contributed by atoms with Crippen LogP contribution in [0.2, 0.25) is 0 Å². The van der Waals surface area contributed by atoms with E-state index in [1.165, 1.54) is 54.8 Å². The molecule has 240 valence electrons. The lowest BCUT2D eigenvalue weighted by molar-refractivity contribution is 0.658. The van der Waals surface area contributed by atoms with Gasteiger partial charge in [0.15, 0.2) is 5.82 Å². The van der Waals surface area contributed by atoms with E-state index in [2.05, 4.69) is 152 Å². The smallest absolute Gasteiger partial charge is 0.160 e. The second kappa shape index (κ2) is 10.3. The highest BCUT2D eigenvalue weighted by Crippen LogP contribution is 2.56. The minimum Gasteiger partial charge on any atom is -0.456 e. The monoisotopic (exact) mass is 653 g/mol. The van der Waals surface area contributed by atoms with Gasteiger partial charge in [0.1, 0.15) is 11.2 Å². The first-order chi connectivity index (χ1) is 25.1. The molecule has 0 spiro atoms. The van der Waals surface area contributed by atoms with Gasteiger partial charge in [-0.25, -0.2) is 9.97 Å². The molecule has 0 bridgehead atoms. The van der Waals surface area contributed by atoms with Gasteiger partial charge < -0.3 is 8.98 Å². The second-order valence-corrected chi connectivity index (χ2v) is 14.1. The van der Waals surface area contributed by atoms with Crippen LogP contribution in [0.3, 0.4) is 0 Å². The number of hydrogen-bond donors (Lipinski definition) is 0. The lowest BCUT2D eigenvalue weighted by Crippen LogP contribution is -2.17. The van der Waals surface area contributed by atoms with Gasteiger partial charge in [0, 0.05) is 49.2 Å². The Morgan fingerprint density at radius 2 is 1.20 bits per heavy atom. The van der Waals surface area contributed by atoms with E-state index < -0.39 is 0 Å². The molecule has 0 saturated carbocycles. The van der Waals surface area contributed by atoms with Gasteiger partial charge in [-0.3, -0.25) is 0 Å². The van der Waals surface area contributed by atoms with Crippen molar-refractivity contribution in [2.45, 2.75) is 19.3 Å². The summed E-state index contributed by atoms with van der Waals surface area (Å²) in [4.78, 5) is 10.2. The Bertz CT molecular complexity index is 3040. The second-order valence-electron chi connectivity index (χ2n) is 14.1. The average molecular weight is 654 g/mol. The molecule has 11 rings (SSSR count). The van der Waals surface area contributed by atoms with Crippen molar-refractivity contribution in [1.82, 2.24) is 14.5 Å². The van der Waals surface area contributed by atoms with E-state index in [0.29, 0.717) is 0 Å². The third-order valence-electron chi connectivity index (χ3n) is 11.0. The van der Waals surface area contributed by atoms with E-state index in [4.69, 9.17) is 14.4 Å². The van der Waals surface area contributed by atoms with Crippen molar-refractivity contribution in [2.24, 2.45) is 0 Å². The quantitative estimate of drug-likeness (QED) is 0.191.